The monoisotopic (exact) mass is 327 g/mol. The summed E-state index contributed by atoms with van der Waals surface area (Å²) in [6.07, 6.45) is 6.59. The molecule has 2 heterocycles. The third-order valence-corrected chi connectivity index (χ3v) is 5.75. The number of hydrogen-bond donors (Lipinski definition) is 1. The second-order valence-electron chi connectivity index (χ2n) is 5.39. The molecular formula is C14H18ClN3S2. The fraction of sp³-hybridized carbons (Fsp3) is 0.571. The predicted molar refractivity (Wildman–Crippen MR) is 86.0 cm³/mol. The minimum Gasteiger partial charge on any atom is -0.300 e. The Morgan fingerprint density at radius 1 is 1.20 bits per heavy atom. The van der Waals surface area contributed by atoms with Gasteiger partial charge in [-0.1, -0.05) is 11.6 Å². The van der Waals surface area contributed by atoms with Crippen molar-refractivity contribution in [2.45, 2.75) is 51.6 Å². The molecule has 6 heteroatoms. The SMILES string of the molecule is CC(C)NC(c1ncc(Cl)s1)c1nc2c(s1)CCCC2. The zero-order valence-corrected chi connectivity index (χ0v) is 14.0. The van der Waals surface area contributed by atoms with E-state index in [1.54, 1.807) is 6.20 Å². The van der Waals surface area contributed by atoms with Crippen LogP contribution in [-0.2, 0) is 12.8 Å². The zero-order valence-electron chi connectivity index (χ0n) is 11.6. The first-order valence-electron chi connectivity index (χ1n) is 6.99. The molecule has 0 saturated carbocycles. The summed E-state index contributed by atoms with van der Waals surface area (Å²) >= 11 is 9.42. The van der Waals surface area contributed by atoms with E-state index in [1.807, 2.05) is 11.3 Å². The maximum absolute atomic E-state index is 6.04. The molecule has 0 aliphatic heterocycles. The van der Waals surface area contributed by atoms with Gasteiger partial charge in [0, 0.05) is 10.9 Å². The molecule has 0 fully saturated rings. The van der Waals surface area contributed by atoms with Crippen LogP contribution in [0.3, 0.4) is 0 Å². The average molecular weight is 328 g/mol. The summed E-state index contributed by atoms with van der Waals surface area (Å²) in [6, 6.07) is 0.451. The third kappa shape index (κ3) is 3.06. The Hall–Kier alpha value is -0.490. The van der Waals surface area contributed by atoms with Gasteiger partial charge in [0.15, 0.2) is 0 Å². The van der Waals surface area contributed by atoms with Crippen LogP contribution in [0.1, 0.15) is 53.3 Å². The Morgan fingerprint density at radius 3 is 2.65 bits per heavy atom. The summed E-state index contributed by atoms with van der Waals surface area (Å²) in [7, 11) is 0. The summed E-state index contributed by atoms with van der Waals surface area (Å²) in [5, 5.41) is 5.72. The highest BCUT2D eigenvalue weighted by atomic mass is 35.5. The van der Waals surface area contributed by atoms with E-state index in [9.17, 15) is 0 Å². The van der Waals surface area contributed by atoms with E-state index >= 15 is 0 Å². The molecule has 1 unspecified atom stereocenters. The lowest BCUT2D eigenvalue weighted by atomic mass is 10.0. The molecule has 0 radical (unpaired) electrons. The predicted octanol–water partition coefficient (Wildman–Crippen LogP) is 4.22. The number of nitrogens with one attached hydrogen (secondary N) is 1. The fourth-order valence-electron chi connectivity index (χ4n) is 2.48. The van der Waals surface area contributed by atoms with Gasteiger partial charge in [-0.05, 0) is 39.5 Å². The van der Waals surface area contributed by atoms with Crippen LogP contribution >= 0.6 is 34.3 Å². The lowest BCUT2D eigenvalue weighted by Crippen LogP contribution is -2.28. The van der Waals surface area contributed by atoms with Crippen LogP contribution in [0.15, 0.2) is 6.20 Å². The van der Waals surface area contributed by atoms with Gasteiger partial charge in [0.05, 0.1) is 11.9 Å². The van der Waals surface area contributed by atoms with E-state index in [1.165, 1.54) is 41.2 Å². The van der Waals surface area contributed by atoms with Crippen molar-refractivity contribution in [1.82, 2.24) is 15.3 Å². The van der Waals surface area contributed by atoms with Crippen molar-refractivity contribution in [3.63, 3.8) is 0 Å². The van der Waals surface area contributed by atoms with Gasteiger partial charge in [-0.2, -0.15) is 0 Å². The van der Waals surface area contributed by atoms with Gasteiger partial charge in [0.2, 0.25) is 0 Å². The molecule has 2 aromatic rings. The third-order valence-electron chi connectivity index (χ3n) is 3.35. The van der Waals surface area contributed by atoms with Gasteiger partial charge in [0.1, 0.15) is 20.4 Å². The number of aromatic nitrogens is 2. The molecular weight excluding hydrogens is 310 g/mol. The van der Waals surface area contributed by atoms with Crippen molar-refractivity contribution >= 4 is 34.3 Å². The molecule has 0 aromatic carbocycles. The lowest BCUT2D eigenvalue weighted by molar-refractivity contribution is 0.524. The molecule has 3 rings (SSSR count). The van der Waals surface area contributed by atoms with Crippen molar-refractivity contribution in [2.75, 3.05) is 0 Å². The Morgan fingerprint density at radius 2 is 2.00 bits per heavy atom. The standard InChI is InChI=1S/C14H18ClN3S2/c1-8(2)17-12(13-16-7-11(15)20-13)14-18-9-5-3-4-6-10(9)19-14/h7-8,12,17H,3-6H2,1-2H3. The Bertz CT molecular complexity index is 568. The second-order valence-corrected chi connectivity index (χ2v) is 8.19. The number of halogens is 1. The average Bonchev–Trinajstić information content (AvgIpc) is 3.01. The van der Waals surface area contributed by atoms with E-state index in [0.717, 1.165) is 20.8 Å². The molecule has 1 aliphatic carbocycles. The first kappa shape index (κ1) is 14.4. The van der Waals surface area contributed by atoms with E-state index in [4.69, 9.17) is 16.6 Å². The largest absolute Gasteiger partial charge is 0.300 e. The maximum atomic E-state index is 6.04. The Balaban J connectivity index is 1.94. The van der Waals surface area contributed by atoms with Crippen molar-refractivity contribution < 1.29 is 0 Å². The van der Waals surface area contributed by atoms with Gasteiger partial charge in [0.25, 0.3) is 0 Å². The molecule has 0 bridgehead atoms. The number of hydrogen-bond acceptors (Lipinski definition) is 5. The summed E-state index contributed by atoms with van der Waals surface area (Å²) in [5.41, 5.74) is 1.30. The summed E-state index contributed by atoms with van der Waals surface area (Å²) in [5.74, 6) is 0. The number of nitrogens with zero attached hydrogens (tertiary/aromatic N) is 2. The van der Waals surface area contributed by atoms with Crippen molar-refractivity contribution in [2.24, 2.45) is 0 Å². The van der Waals surface area contributed by atoms with Gasteiger partial charge in [-0.15, -0.1) is 22.7 Å². The highest BCUT2D eigenvalue weighted by Gasteiger charge is 2.25. The van der Waals surface area contributed by atoms with Gasteiger partial charge >= 0.3 is 0 Å². The molecule has 108 valence electrons. The van der Waals surface area contributed by atoms with Crippen LogP contribution in [0.2, 0.25) is 4.34 Å². The number of aryl methyl sites for hydroxylation is 2. The van der Waals surface area contributed by atoms with Crippen LogP contribution in [0.4, 0.5) is 0 Å². The molecule has 0 spiro atoms. The maximum Gasteiger partial charge on any atom is 0.118 e. The Labute approximate surface area is 132 Å². The van der Waals surface area contributed by atoms with E-state index in [-0.39, 0.29) is 6.04 Å². The number of thiazole rings is 2. The fourth-order valence-corrected chi connectivity index (χ4v) is 4.76. The van der Waals surface area contributed by atoms with Crippen LogP contribution in [-0.4, -0.2) is 16.0 Å². The summed E-state index contributed by atoms with van der Waals surface area (Å²) in [6.45, 7) is 4.30. The van der Waals surface area contributed by atoms with Crippen molar-refractivity contribution in [3.05, 3.63) is 31.1 Å². The van der Waals surface area contributed by atoms with E-state index in [2.05, 4.69) is 24.1 Å². The molecule has 0 saturated heterocycles. The highest BCUT2D eigenvalue weighted by Crippen LogP contribution is 2.35. The molecule has 1 N–H and O–H groups in total. The molecule has 1 aliphatic rings. The molecule has 20 heavy (non-hydrogen) atoms. The Kier molecular flexibility index (Phi) is 4.40. The topological polar surface area (TPSA) is 37.8 Å². The number of fused-ring (bicyclic) bond motifs is 1. The number of rotatable bonds is 4. The lowest BCUT2D eigenvalue weighted by Gasteiger charge is -2.16. The highest BCUT2D eigenvalue weighted by molar-refractivity contribution is 7.16. The second kappa shape index (κ2) is 6.10. The smallest absolute Gasteiger partial charge is 0.118 e. The first-order valence-corrected chi connectivity index (χ1v) is 9.00. The summed E-state index contributed by atoms with van der Waals surface area (Å²) < 4.78 is 0.733. The van der Waals surface area contributed by atoms with Crippen LogP contribution in [0.5, 0.6) is 0 Å². The molecule has 0 amide bonds. The van der Waals surface area contributed by atoms with Crippen molar-refractivity contribution in [3.8, 4) is 0 Å². The zero-order chi connectivity index (χ0) is 14.1. The molecule has 1 atom stereocenters. The first-order chi connectivity index (χ1) is 9.63. The van der Waals surface area contributed by atoms with Crippen LogP contribution in [0, 0.1) is 0 Å². The minimum absolute atomic E-state index is 0.0723. The minimum atomic E-state index is 0.0723. The van der Waals surface area contributed by atoms with Crippen LogP contribution in [0.25, 0.3) is 0 Å². The van der Waals surface area contributed by atoms with E-state index in [0.29, 0.717) is 6.04 Å². The molecule has 3 nitrogen and oxygen atoms in total. The quantitative estimate of drug-likeness (QED) is 0.913. The summed E-state index contributed by atoms with van der Waals surface area (Å²) in [4.78, 5) is 10.8. The van der Waals surface area contributed by atoms with Crippen LogP contribution < -0.4 is 5.32 Å². The van der Waals surface area contributed by atoms with Gasteiger partial charge in [-0.25, -0.2) is 9.97 Å². The van der Waals surface area contributed by atoms with E-state index < -0.39 is 0 Å². The normalized spacial score (nSPS) is 16.4. The van der Waals surface area contributed by atoms with Gasteiger partial charge < -0.3 is 5.32 Å². The van der Waals surface area contributed by atoms with Gasteiger partial charge in [-0.3, -0.25) is 0 Å². The molecule has 2 aromatic heterocycles. The van der Waals surface area contributed by atoms with Crippen molar-refractivity contribution in [1.29, 1.82) is 0 Å².